The predicted octanol–water partition coefficient (Wildman–Crippen LogP) is 2.36. The first-order valence-electron chi connectivity index (χ1n) is 5.95. The standard InChI is InChI=1S/C12H23NO2/c1-10(2)6-4-8-13-9-5-7-12(13,3)11(14)15/h10H,4-9H2,1-3H3,(H,14,15). The van der Waals surface area contributed by atoms with Gasteiger partial charge in [-0.25, -0.2) is 0 Å². The molecule has 1 N–H and O–H groups in total. The number of rotatable bonds is 5. The molecule has 0 aliphatic carbocycles. The molecule has 1 aliphatic heterocycles. The Morgan fingerprint density at radius 3 is 2.73 bits per heavy atom. The SMILES string of the molecule is CC(C)CCCN1CCCC1(C)C(=O)O. The lowest BCUT2D eigenvalue weighted by atomic mass is 9.98. The first-order valence-corrected chi connectivity index (χ1v) is 5.95. The molecule has 1 atom stereocenters. The molecule has 1 rings (SSSR count). The third kappa shape index (κ3) is 2.94. The topological polar surface area (TPSA) is 40.5 Å². The highest BCUT2D eigenvalue weighted by atomic mass is 16.4. The lowest BCUT2D eigenvalue weighted by molar-refractivity contribution is -0.148. The average molecular weight is 213 g/mol. The lowest BCUT2D eigenvalue weighted by Gasteiger charge is -2.31. The van der Waals surface area contributed by atoms with E-state index in [1.54, 1.807) is 0 Å². The second-order valence-electron chi connectivity index (χ2n) is 5.21. The minimum atomic E-state index is -0.662. The normalized spacial score (nSPS) is 27.5. The molecule has 0 bridgehead atoms. The van der Waals surface area contributed by atoms with Crippen molar-refractivity contribution in [2.45, 2.75) is 52.0 Å². The monoisotopic (exact) mass is 213 g/mol. The summed E-state index contributed by atoms with van der Waals surface area (Å²) < 4.78 is 0. The highest BCUT2D eigenvalue weighted by Crippen LogP contribution is 2.29. The molecule has 1 fully saturated rings. The van der Waals surface area contributed by atoms with Gasteiger partial charge in [-0.15, -0.1) is 0 Å². The Balaban J connectivity index is 2.43. The summed E-state index contributed by atoms with van der Waals surface area (Å²) in [7, 11) is 0. The van der Waals surface area contributed by atoms with E-state index in [1.807, 2.05) is 6.92 Å². The summed E-state index contributed by atoms with van der Waals surface area (Å²) in [4.78, 5) is 13.3. The predicted molar refractivity (Wildman–Crippen MR) is 60.9 cm³/mol. The van der Waals surface area contributed by atoms with E-state index in [2.05, 4.69) is 18.7 Å². The van der Waals surface area contributed by atoms with Gasteiger partial charge in [0.2, 0.25) is 0 Å². The van der Waals surface area contributed by atoms with Crippen molar-refractivity contribution < 1.29 is 9.90 Å². The van der Waals surface area contributed by atoms with Crippen LogP contribution in [0, 0.1) is 5.92 Å². The van der Waals surface area contributed by atoms with Gasteiger partial charge in [-0.1, -0.05) is 13.8 Å². The number of hydrogen-bond acceptors (Lipinski definition) is 2. The van der Waals surface area contributed by atoms with Gasteiger partial charge in [-0.3, -0.25) is 9.69 Å². The summed E-state index contributed by atoms with van der Waals surface area (Å²) in [6.07, 6.45) is 4.11. The van der Waals surface area contributed by atoms with Crippen LogP contribution in [0.3, 0.4) is 0 Å². The van der Waals surface area contributed by atoms with Crippen molar-refractivity contribution in [2.75, 3.05) is 13.1 Å². The summed E-state index contributed by atoms with van der Waals surface area (Å²) in [6, 6.07) is 0. The number of aliphatic carboxylic acids is 1. The fourth-order valence-corrected chi connectivity index (χ4v) is 2.31. The van der Waals surface area contributed by atoms with Crippen molar-refractivity contribution in [1.29, 1.82) is 0 Å². The van der Waals surface area contributed by atoms with E-state index in [9.17, 15) is 9.90 Å². The Bertz CT molecular complexity index is 228. The Kier molecular flexibility index (Phi) is 4.14. The van der Waals surface area contributed by atoms with Gasteiger partial charge in [0.05, 0.1) is 0 Å². The van der Waals surface area contributed by atoms with Crippen LogP contribution in [-0.2, 0) is 4.79 Å². The summed E-state index contributed by atoms with van der Waals surface area (Å²) in [5.41, 5.74) is -0.600. The molecular formula is C12H23NO2. The number of hydrogen-bond donors (Lipinski definition) is 1. The maximum atomic E-state index is 11.2. The lowest BCUT2D eigenvalue weighted by Crippen LogP contribution is -2.48. The van der Waals surface area contributed by atoms with E-state index in [0.717, 1.165) is 32.4 Å². The second-order valence-corrected chi connectivity index (χ2v) is 5.21. The molecule has 0 amide bonds. The maximum absolute atomic E-state index is 11.2. The van der Waals surface area contributed by atoms with E-state index >= 15 is 0 Å². The Morgan fingerprint density at radius 1 is 1.53 bits per heavy atom. The van der Waals surface area contributed by atoms with Crippen molar-refractivity contribution in [2.24, 2.45) is 5.92 Å². The van der Waals surface area contributed by atoms with E-state index in [1.165, 1.54) is 6.42 Å². The van der Waals surface area contributed by atoms with Crippen molar-refractivity contribution in [3.05, 3.63) is 0 Å². The zero-order valence-corrected chi connectivity index (χ0v) is 10.1. The minimum Gasteiger partial charge on any atom is -0.480 e. The first kappa shape index (κ1) is 12.5. The third-order valence-corrected chi connectivity index (χ3v) is 3.46. The summed E-state index contributed by atoms with van der Waals surface area (Å²) in [6.45, 7) is 8.15. The number of carboxylic acids is 1. The molecule has 0 aromatic heterocycles. The van der Waals surface area contributed by atoms with Gasteiger partial charge in [0.25, 0.3) is 0 Å². The fraction of sp³-hybridized carbons (Fsp3) is 0.917. The summed E-state index contributed by atoms with van der Waals surface area (Å²) in [5.74, 6) is 0.0493. The van der Waals surface area contributed by atoms with E-state index in [4.69, 9.17) is 0 Å². The van der Waals surface area contributed by atoms with E-state index in [-0.39, 0.29) is 0 Å². The summed E-state index contributed by atoms with van der Waals surface area (Å²) >= 11 is 0. The van der Waals surface area contributed by atoms with Gasteiger partial charge in [-0.2, -0.15) is 0 Å². The fourth-order valence-electron chi connectivity index (χ4n) is 2.31. The molecule has 3 nitrogen and oxygen atoms in total. The maximum Gasteiger partial charge on any atom is 0.323 e. The van der Waals surface area contributed by atoms with Gasteiger partial charge in [0, 0.05) is 0 Å². The van der Waals surface area contributed by atoms with Gasteiger partial charge in [0.15, 0.2) is 0 Å². The van der Waals surface area contributed by atoms with E-state index < -0.39 is 11.5 Å². The van der Waals surface area contributed by atoms with Gasteiger partial charge >= 0.3 is 5.97 Å². The molecular weight excluding hydrogens is 190 g/mol. The number of likely N-dealkylation sites (tertiary alicyclic amines) is 1. The third-order valence-electron chi connectivity index (χ3n) is 3.46. The molecule has 1 aliphatic rings. The highest BCUT2D eigenvalue weighted by molar-refractivity contribution is 5.78. The van der Waals surface area contributed by atoms with Gasteiger partial charge < -0.3 is 5.11 Å². The van der Waals surface area contributed by atoms with Gasteiger partial charge in [-0.05, 0) is 51.6 Å². The molecule has 88 valence electrons. The Morgan fingerprint density at radius 2 is 2.20 bits per heavy atom. The molecule has 0 aromatic rings. The van der Waals surface area contributed by atoms with Crippen LogP contribution in [0.4, 0.5) is 0 Å². The van der Waals surface area contributed by atoms with Crippen molar-refractivity contribution in [3.8, 4) is 0 Å². The molecule has 3 heteroatoms. The molecule has 0 aromatic carbocycles. The molecule has 0 radical (unpaired) electrons. The first-order chi connectivity index (χ1) is 6.97. The van der Waals surface area contributed by atoms with Crippen LogP contribution in [0.5, 0.6) is 0 Å². The molecule has 1 saturated heterocycles. The Labute approximate surface area is 92.5 Å². The Hall–Kier alpha value is -0.570. The van der Waals surface area contributed by atoms with E-state index in [0.29, 0.717) is 5.92 Å². The summed E-state index contributed by atoms with van der Waals surface area (Å²) in [5, 5.41) is 9.21. The van der Waals surface area contributed by atoms with Crippen LogP contribution in [-0.4, -0.2) is 34.6 Å². The average Bonchev–Trinajstić information content (AvgIpc) is 2.49. The zero-order chi connectivity index (χ0) is 11.5. The molecule has 0 saturated carbocycles. The zero-order valence-electron chi connectivity index (χ0n) is 10.1. The quantitative estimate of drug-likeness (QED) is 0.762. The number of carboxylic acid groups (broad SMARTS) is 1. The van der Waals surface area contributed by atoms with Gasteiger partial charge in [0.1, 0.15) is 5.54 Å². The van der Waals surface area contributed by atoms with Crippen LogP contribution in [0.25, 0.3) is 0 Å². The van der Waals surface area contributed by atoms with Crippen molar-refractivity contribution in [3.63, 3.8) is 0 Å². The number of nitrogens with zero attached hydrogens (tertiary/aromatic N) is 1. The van der Waals surface area contributed by atoms with Crippen LogP contribution in [0.15, 0.2) is 0 Å². The second kappa shape index (κ2) is 4.97. The van der Waals surface area contributed by atoms with Crippen molar-refractivity contribution in [1.82, 2.24) is 4.90 Å². The number of carbonyl (C=O) groups is 1. The van der Waals surface area contributed by atoms with Crippen LogP contribution in [0.1, 0.15) is 46.5 Å². The molecule has 0 spiro atoms. The van der Waals surface area contributed by atoms with Crippen LogP contribution < -0.4 is 0 Å². The highest BCUT2D eigenvalue weighted by Gasteiger charge is 2.42. The van der Waals surface area contributed by atoms with Crippen molar-refractivity contribution >= 4 is 5.97 Å². The molecule has 1 heterocycles. The minimum absolute atomic E-state index is 0.600. The van der Waals surface area contributed by atoms with Crippen LogP contribution >= 0.6 is 0 Å². The largest absolute Gasteiger partial charge is 0.480 e. The molecule has 15 heavy (non-hydrogen) atoms. The molecule has 1 unspecified atom stereocenters. The smallest absolute Gasteiger partial charge is 0.323 e. The van der Waals surface area contributed by atoms with Crippen LogP contribution in [0.2, 0.25) is 0 Å².